The highest BCUT2D eigenvalue weighted by atomic mass is 32.2. The van der Waals surface area contributed by atoms with Gasteiger partial charge in [0.25, 0.3) is 0 Å². The Hall–Kier alpha value is -1.77. The highest BCUT2D eigenvalue weighted by molar-refractivity contribution is 7.89. The number of hydrogen-bond acceptors (Lipinski definition) is 5. The van der Waals surface area contributed by atoms with Gasteiger partial charge in [-0.05, 0) is 32.4 Å². The fourth-order valence-corrected chi connectivity index (χ4v) is 4.12. The van der Waals surface area contributed by atoms with Gasteiger partial charge in [-0.15, -0.1) is 0 Å². The summed E-state index contributed by atoms with van der Waals surface area (Å²) in [6.45, 7) is 4.58. The Balaban J connectivity index is 1.99. The van der Waals surface area contributed by atoms with Gasteiger partial charge in [0, 0.05) is 44.2 Å². The molecule has 1 aromatic rings. The van der Waals surface area contributed by atoms with Crippen LogP contribution in [0.25, 0.3) is 0 Å². The van der Waals surface area contributed by atoms with Crippen LogP contribution in [0.5, 0.6) is 0 Å². The molecule has 2 rings (SSSR count). The van der Waals surface area contributed by atoms with Crippen LogP contribution in [-0.2, 0) is 14.8 Å². The van der Waals surface area contributed by atoms with Crippen LogP contribution in [0, 0.1) is 0 Å². The quantitative estimate of drug-likeness (QED) is 0.751. The van der Waals surface area contributed by atoms with E-state index in [1.807, 2.05) is 6.92 Å². The lowest BCUT2D eigenvalue weighted by molar-refractivity contribution is -0.132. The van der Waals surface area contributed by atoms with E-state index in [-0.39, 0.29) is 35.7 Å². The van der Waals surface area contributed by atoms with Crippen molar-refractivity contribution >= 4 is 21.7 Å². The van der Waals surface area contributed by atoms with E-state index in [1.54, 1.807) is 4.90 Å². The van der Waals surface area contributed by atoms with E-state index in [0.29, 0.717) is 31.5 Å². The molecule has 7 nitrogen and oxygen atoms in total. The van der Waals surface area contributed by atoms with Gasteiger partial charge < -0.3 is 10.6 Å². The van der Waals surface area contributed by atoms with Crippen molar-refractivity contribution in [1.29, 1.82) is 0 Å². The van der Waals surface area contributed by atoms with Crippen LogP contribution >= 0.6 is 0 Å². The average molecular weight is 367 g/mol. The van der Waals surface area contributed by atoms with Crippen LogP contribution in [-0.4, -0.2) is 61.5 Å². The predicted molar refractivity (Wildman–Crippen MR) is 94.7 cm³/mol. The Morgan fingerprint density at radius 1 is 1.12 bits per heavy atom. The van der Waals surface area contributed by atoms with Crippen molar-refractivity contribution < 1.29 is 18.0 Å². The molecule has 0 spiro atoms. The van der Waals surface area contributed by atoms with E-state index in [0.717, 1.165) is 0 Å². The van der Waals surface area contributed by atoms with Crippen molar-refractivity contribution in [2.45, 2.75) is 37.6 Å². The summed E-state index contributed by atoms with van der Waals surface area (Å²) in [6.07, 6.45) is 1.01. The number of piperazine rings is 1. The molecule has 8 heteroatoms. The van der Waals surface area contributed by atoms with Crippen molar-refractivity contribution in [2.75, 3.05) is 26.2 Å². The molecular formula is C17H25N3O4S. The van der Waals surface area contributed by atoms with Gasteiger partial charge in [0.2, 0.25) is 15.9 Å². The number of nitrogens with zero attached hydrogens (tertiary/aromatic N) is 2. The minimum atomic E-state index is -3.62. The van der Waals surface area contributed by atoms with Gasteiger partial charge in [-0.1, -0.05) is 12.1 Å². The molecule has 1 atom stereocenters. The van der Waals surface area contributed by atoms with Gasteiger partial charge in [-0.3, -0.25) is 9.59 Å². The van der Waals surface area contributed by atoms with Crippen molar-refractivity contribution in [3.05, 3.63) is 29.8 Å². The highest BCUT2D eigenvalue weighted by Crippen LogP contribution is 2.19. The fraction of sp³-hybridized carbons (Fsp3) is 0.529. The Kier molecular flexibility index (Phi) is 6.31. The van der Waals surface area contributed by atoms with E-state index in [2.05, 4.69) is 0 Å². The van der Waals surface area contributed by atoms with Crippen molar-refractivity contribution in [1.82, 2.24) is 9.21 Å². The molecule has 0 radical (unpaired) electrons. The van der Waals surface area contributed by atoms with Crippen molar-refractivity contribution in [3.63, 3.8) is 0 Å². The Morgan fingerprint density at radius 2 is 1.68 bits per heavy atom. The monoisotopic (exact) mass is 367 g/mol. The number of carbonyl (C=O) groups is 2. The highest BCUT2D eigenvalue weighted by Gasteiger charge is 2.30. The zero-order chi connectivity index (χ0) is 18.6. The maximum atomic E-state index is 12.7. The smallest absolute Gasteiger partial charge is 0.243 e. The molecule has 1 aliphatic rings. The number of nitrogens with two attached hydrogens (primary N) is 1. The second-order valence-electron chi connectivity index (χ2n) is 6.38. The summed E-state index contributed by atoms with van der Waals surface area (Å²) < 4.78 is 26.7. The summed E-state index contributed by atoms with van der Waals surface area (Å²) in [5, 5.41) is 0. The van der Waals surface area contributed by atoms with Crippen LogP contribution < -0.4 is 5.73 Å². The third kappa shape index (κ3) is 4.87. The Bertz CT molecular complexity index is 721. The Labute approximate surface area is 148 Å². The molecule has 1 aromatic carbocycles. The van der Waals surface area contributed by atoms with Crippen LogP contribution in [0.3, 0.4) is 0 Å². The third-order valence-electron chi connectivity index (χ3n) is 4.30. The number of sulfonamides is 1. The first-order valence-electron chi connectivity index (χ1n) is 8.36. The van der Waals surface area contributed by atoms with Gasteiger partial charge >= 0.3 is 0 Å². The number of amides is 1. The molecule has 0 aliphatic carbocycles. The van der Waals surface area contributed by atoms with Crippen LogP contribution in [0.15, 0.2) is 29.2 Å². The van der Waals surface area contributed by atoms with Gasteiger partial charge in [-0.2, -0.15) is 4.31 Å². The number of ketones is 1. The summed E-state index contributed by atoms with van der Waals surface area (Å²) in [5.41, 5.74) is 6.14. The van der Waals surface area contributed by atoms with E-state index >= 15 is 0 Å². The zero-order valence-electron chi connectivity index (χ0n) is 14.6. The third-order valence-corrected chi connectivity index (χ3v) is 6.22. The SMILES string of the molecule is CC(=O)c1ccc(S(=O)(=O)N2CCN(C(=O)CCC(C)N)CC2)cc1. The first kappa shape index (κ1) is 19.6. The number of hydrogen-bond donors (Lipinski definition) is 1. The fourth-order valence-electron chi connectivity index (χ4n) is 2.70. The van der Waals surface area contributed by atoms with Gasteiger partial charge in [0.05, 0.1) is 4.90 Å². The summed E-state index contributed by atoms with van der Waals surface area (Å²) >= 11 is 0. The van der Waals surface area contributed by atoms with Gasteiger partial charge in [0.1, 0.15) is 0 Å². The number of benzene rings is 1. The van der Waals surface area contributed by atoms with E-state index in [1.165, 1.54) is 35.5 Å². The second kappa shape index (κ2) is 8.07. The standard InChI is InChI=1S/C17H25N3O4S/c1-13(18)3-8-17(22)19-9-11-20(12-10-19)25(23,24)16-6-4-15(5-7-16)14(2)21/h4-7,13H,3,8-12,18H2,1-2H3. The first-order valence-corrected chi connectivity index (χ1v) is 9.80. The molecule has 2 N–H and O–H groups in total. The lowest BCUT2D eigenvalue weighted by atomic mass is 10.2. The summed E-state index contributed by atoms with van der Waals surface area (Å²) in [5.74, 6) is -0.0944. The van der Waals surface area contributed by atoms with Crippen molar-refractivity contribution in [2.24, 2.45) is 5.73 Å². The molecular weight excluding hydrogens is 342 g/mol. The molecule has 1 aliphatic heterocycles. The average Bonchev–Trinajstić information content (AvgIpc) is 2.59. The number of Topliss-reactive ketones (excluding diaryl/α,β-unsaturated/α-hetero) is 1. The maximum Gasteiger partial charge on any atom is 0.243 e. The number of rotatable bonds is 6. The summed E-state index contributed by atoms with van der Waals surface area (Å²) in [4.78, 5) is 25.2. The van der Waals surface area contributed by atoms with E-state index < -0.39 is 10.0 Å². The molecule has 0 aromatic heterocycles. The molecule has 138 valence electrons. The van der Waals surface area contributed by atoms with Gasteiger partial charge in [0.15, 0.2) is 5.78 Å². The minimum absolute atomic E-state index is 0.0140. The molecule has 1 saturated heterocycles. The first-order chi connectivity index (χ1) is 11.7. The lowest BCUT2D eigenvalue weighted by Crippen LogP contribution is -2.50. The largest absolute Gasteiger partial charge is 0.340 e. The van der Waals surface area contributed by atoms with E-state index in [4.69, 9.17) is 5.73 Å². The number of carbonyl (C=O) groups excluding carboxylic acids is 2. The van der Waals surface area contributed by atoms with E-state index in [9.17, 15) is 18.0 Å². The van der Waals surface area contributed by atoms with Crippen molar-refractivity contribution in [3.8, 4) is 0 Å². The molecule has 1 unspecified atom stereocenters. The molecule has 1 heterocycles. The van der Waals surface area contributed by atoms with Crippen LogP contribution in [0.1, 0.15) is 37.0 Å². The molecule has 0 saturated carbocycles. The van der Waals surface area contributed by atoms with Crippen LogP contribution in [0.4, 0.5) is 0 Å². The topological polar surface area (TPSA) is 101 Å². The predicted octanol–water partition coefficient (Wildman–Crippen LogP) is 0.850. The molecule has 1 fully saturated rings. The molecule has 0 bridgehead atoms. The van der Waals surface area contributed by atoms with Gasteiger partial charge in [-0.25, -0.2) is 8.42 Å². The minimum Gasteiger partial charge on any atom is -0.340 e. The molecule has 25 heavy (non-hydrogen) atoms. The summed E-state index contributed by atoms with van der Waals surface area (Å²) in [7, 11) is -3.62. The van der Waals surface area contributed by atoms with Crippen LogP contribution in [0.2, 0.25) is 0 Å². The lowest BCUT2D eigenvalue weighted by Gasteiger charge is -2.34. The zero-order valence-corrected chi connectivity index (χ0v) is 15.5. The normalized spacial score (nSPS) is 17.3. The maximum absolute atomic E-state index is 12.7. The molecule has 1 amide bonds. The second-order valence-corrected chi connectivity index (χ2v) is 8.32. The summed E-state index contributed by atoms with van der Waals surface area (Å²) in [6, 6.07) is 5.91. The Morgan fingerprint density at radius 3 is 2.16 bits per heavy atom.